The molecule has 2 rings (SSSR count). The van der Waals surface area contributed by atoms with Crippen LogP contribution >= 0.6 is 11.3 Å². The number of hydrogen-bond donors (Lipinski definition) is 1. The molecule has 1 aliphatic rings. The van der Waals surface area contributed by atoms with E-state index in [0.717, 1.165) is 12.5 Å². The quantitative estimate of drug-likeness (QED) is 0.851. The van der Waals surface area contributed by atoms with Crippen molar-refractivity contribution in [3.63, 3.8) is 0 Å². The molecule has 0 radical (unpaired) electrons. The zero-order valence-electron chi connectivity index (χ0n) is 11.9. The van der Waals surface area contributed by atoms with Gasteiger partial charge in [-0.15, -0.1) is 11.3 Å². The Kier molecular flexibility index (Phi) is 5.22. The van der Waals surface area contributed by atoms with E-state index in [1.54, 1.807) is 0 Å². The highest BCUT2D eigenvalue weighted by molar-refractivity contribution is 7.11. The second kappa shape index (κ2) is 6.69. The van der Waals surface area contributed by atoms with Crippen LogP contribution in [-0.4, -0.2) is 37.1 Å². The van der Waals surface area contributed by atoms with Gasteiger partial charge in [-0.1, -0.05) is 6.92 Å². The largest absolute Gasteiger partial charge is 0.317 e. The molecule has 0 aliphatic carbocycles. The molecule has 0 bridgehead atoms. The molecule has 2 nitrogen and oxygen atoms in total. The van der Waals surface area contributed by atoms with Gasteiger partial charge in [0.15, 0.2) is 0 Å². The Morgan fingerprint density at radius 3 is 3.00 bits per heavy atom. The summed E-state index contributed by atoms with van der Waals surface area (Å²) in [6.45, 7) is 11.6. The number of hydrogen-bond acceptors (Lipinski definition) is 3. The Hall–Kier alpha value is -0.380. The fourth-order valence-corrected chi connectivity index (χ4v) is 3.80. The molecule has 0 amide bonds. The molecule has 18 heavy (non-hydrogen) atoms. The van der Waals surface area contributed by atoms with Crippen LogP contribution in [0.4, 0.5) is 0 Å². The van der Waals surface area contributed by atoms with Crippen LogP contribution in [0.3, 0.4) is 0 Å². The van der Waals surface area contributed by atoms with Crippen molar-refractivity contribution in [3.05, 3.63) is 21.9 Å². The molecule has 0 spiro atoms. The Bertz CT molecular complexity index is 361. The van der Waals surface area contributed by atoms with E-state index in [9.17, 15) is 0 Å². The molecule has 1 N–H and O–H groups in total. The van der Waals surface area contributed by atoms with E-state index in [0.29, 0.717) is 6.04 Å². The molecule has 2 unspecified atom stereocenters. The van der Waals surface area contributed by atoms with Gasteiger partial charge in [-0.3, -0.25) is 4.90 Å². The zero-order chi connectivity index (χ0) is 13.0. The summed E-state index contributed by atoms with van der Waals surface area (Å²) in [4.78, 5) is 5.63. The lowest BCUT2D eigenvalue weighted by Gasteiger charge is -2.24. The van der Waals surface area contributed by atoms with Crippen LogP contribution < -0.4 is 5.32 Å². The van der Waals surface area contributed by atoms with Crippen molar-refractivity contribution >= 4 is 11.3 Å². The van der Waals surface area contributed by atoms with Gasteiger partial charge in [0.1, 0.15) is 0 Å². The first-order valence-electron chi connectivity index (χ1n) is 7.19. The van der Waals surface area contributed by atoms with Crippen molar-refractivity contribution in [2.75, 3.05) is 26.2 Å². The van der Waals surface area contributed by atoms with Crippen molar-refractivity contribution in [3.8, 4) is 0 Å². The molecule has 1 aromatic heterocycles. The lowest BCUT2D eigenvalue weighted by Crippen LogP contribution is -2.33. The van der Waals surface area contributed by atoms with E-state index in [-0.39, 0.29) is 0 Å². The minimum absolute atomic E-state index is 0.690. The van der Waals surface area contributed by atoms with Gasteiger partial charge in [0.05, 0.1) is 0 Å². The third-order valence-electron chi connectivity index (χ3n) is 3.92. The average molecular weight is 266 g/mol. The number of likely N-dealkylation sites (tertiary alicyclic amines) is 1. The smallest absolute Gasteiger partial charge is 0.0115 e. The van der Waals surface area contributed by atoms with Crippen LogP contribution in [0, 0.1) is 12.8 Å². The first-order chi connectivity index (χ1) is 8.69. The lowest BCUT2D eigenvalue weighted by molar-refractivity contribution is 0.248. The number of nitrogens with one attached hydrogen (secondary N) is 1. The molecular weight excluding hydrogens is 240 g/mol. The number of nitrogens with zero attached hydrogens (tertiary/aromatic N) is 1. The van der Waals surface area contributed by atoms with Gasteiger partial charge in [-0.05, 0) is 64.4 Å². The highest BCUT2D eigenvalue weighted by Gasteiger charge is 2.25. The standard InChI is InChI=1S/C15H26N2S/c1-4-16-10-14-7-8-17(11-14)12(2)9-15-6-5-13(3)18-15/h5-6,12,14,16H,4,7-11H2,1-3H3. The minimum atomic E-state index is 0.690. The summed E-state index contributed by atoms with van der Waals surface area (Å²) >= 11 is 1.95. The number of rotatable bonds is 6. The Morgan fingerprint density at radius 1 is 1.50 bits per heavy atom. The highest BCUT2D eigenvalue weighted by Crippen LogP contribution is 2.22. The van der Waals surface area contributed by atoms with Crippen LogP contribution in [0.15, 0.2) is 12.1 Å². The van der Waals surface area contributed by atoms with Crippen LogP contribution in [0.25, 0.3) is 0 Å². The van der Waals surface area contributed by atoms with E-state index in [1.807, 2.05) is 11.3 Å². The van der Waals surface area contributed by atoms with Gasteiger partial charge in [0.25, 0.3) is 0 Å². The van der Waals surface area contributed by atoms with E-state index < -0.39 is 0 Å². The zero-order valence-corrected chi connectivity index (χ0v) is 12.7. The van der Waals surface area contributed by atoms with Crippen molar-refractivity contribution in [1.29, 1.82) is 0 Å². The van der Waals surface area contributed by atoms with Crippen molar-refractivity contribution in [2.45, 2.75) is 39.7 Å². The van der Waals surface area contributed by atoms with Crippen molar-refractivity contribution in [2.24, 2.45) is 5.92 Å². The van der Waals surface area contributed by atoms with Crippen molar-refractivity contribution in [1.82, 2.24) is 10.2 Å². The third-order valence-corrected chi connectivity index (χ3v) is 4.94. The van der Waals surface area contributed by atoms with Gasteiger partial charge in [0.2, 0.25) is 0 Å². The molecule has 0 saturated carbocycles. The van der Waals surface area contributed by atoms with Gasteiger partial charge in [-0.2, -0.15) is 0 Å². The van der Waals surface area contributed by atoms with Crippen LogP contribution in [0.5, 0.6) is 0 Å². The molecule has 102 valence electrons. The SMILES string of the molecule is CCNCC1CCN(C(C)Cc2ccc(C)s2)C1. The van der Waals surface area contributed by atoms with Gasteiger partial charge in [0, 0.05) is 22.3 Å². The van der Waals surface area contributed by atoms with Crippen LogP contribution in [0.2, 0.25) is 0 Å². The van der Waals surface area contributed by atoms with Crippen LogP contribution in [0.1, 0.15) is 30.0 Å². The maximum atomic E-state index is 3.48. The fraction of sp³-hybridized carbons (Fsp3) is 0.733. The fourth-order valence-electron chi connectivity index (χ4n) is 2.79. The average Bonchev–Trinajstić information content (AvgIpc) is 2.96. The Labute approximate surface area is 115 Å². The van der Waals surface area contributed by atoms with Gasteiger partial charge < -0.3 is 5.32 Å². The number of thiophene rings is 1. The minimum Gasteiger partial charge on any atom is -0.317 e. The topological polar surface area (TPSA) is 15.3 Å². The summed E-state index contributed by atoms with van der Waals surface area (Å²) in [5.41, 5.74) is 0. The third kappa shape index (κ3) is 3.81. The first kappa shape index (κ1) is 14.0. The Balaban J connectivity index is 1.78. The van der Waals surface area contributed by atoms with Gasteiger partial charge in [-0.25, -0.2) is 0 Å². The molecule has 0 aromatic carbocycles. The molecule has 1 fully saturated rings. The predicted octanol–water partition coefficient (Wildman–Crippen LogP) is 2.92. The second-order valence-electron chi connectivity index (χ2n) is 5.52. The van der Waals surface area contributed by atoms with Crippen LogP contribution in [-0.2, 0) is 6.42 Å². The Morgan fingerprint density at radius 2 is 2.33 bits per heavy atom. The molecule has 2 heterocycles. The van der Waals surface area contributed by atoms with Gasteiger partial charge >= 0.3 is 0 Å². The van der Waals surface area contributed by atoms with E-state index in [2.05, 4.69) is 43.1 Å². The van der Waals surface area contributed by atoms with Crippen molar-refractivity contribution < 1.29 is 0 Å². The normalized spacial score (nSPS) is 22.5. The lowest BCUT2D eigenvalue weighted by atomic mass is 10.1. The first-order valence-corrected chi connectivity index (χ1v) is 8.00. The second-order valence-corrected chi connectivity index (χ2v) is 6.90. The van der Waals surface area contributed by atoms with E-state index in [1.165, 1.54) is 42.2 Å². The molecule has 3 heteroatoms. The summed E-state index contributed by atoms with van der Waals surface area (Å²) in [7, 11) is 0. The summed E-state index contributed by atoms with van der Waals surface area (Å²) < 4.78 is 0. The summed E-state index contributed by atoms with van der Waals surface area (Å²) in [6.07, 6.45) is 2.58. The highest BCUT2D eigenvalue weighted by atomic mass is 32.1. The summed E-state index contributed by atoms with van der Waals surface area (Å²) in [5.74, 6) is 0.859. The summed E-state index contributed by atoms with van der Waals surface area (Å²) in [5, 5.41) is 3.48. The molecule has 2 atom stereocenters. The summed E-state index contributed by atoms with van der Waals surface area (Å²) in [6, 6.07) is 5.22. The molecule has 1 saturated heterocycles. The van der Waals surface area contributed by atoms with E-state index >= 15 is 0 Å². The monoisotopic (exact) mass is 266 g/mol. The number of aryl methyl sites for hydroxylation is 1. The molecule has 1 aliphatic heterocycles. The maximum Gasteiger partial charge on any atom is 0.0115 e. The molecule has 1 aromatic rings. The maximum absolute atomic E-state index is 3.48. The molecular formula is C15H26N2S. The predicted molar refractivity (Wildman–Crippen MR) is 80.4 cm³/mol. The van der Waals surface area contributed by atoms with E-state index in [4.69, 9.17) is 0 Å².